The molecular weight excluding hydrogens is 436 g/mol. The Bertz CT molecular complexity index is 1460. The van der Waals surface area contributed by atoms with Crippen molar-refractivity contribution in [3.8, 4) is 17.1 Å². The smallest absolute Gasteiger partial charge is 0.253 e. The molecule has 7 heteroatoms. The lowest BCUT2D eigenvalue weighted by Gasteiger charge is -2.35. The Morgan fingerprint density at radius 1 is 0.714 bits per heavy atom. The van der Waals surface area contributed by atoms with Crippen molar-refractivity contribution in [3.05, 3.63) is 103 Å². The molecule has 1 aliphatic rings. The first kappa shape index (κ1) is 21.0. The highest BCUT2D eigenvalue weighted by atomic mass is 16.2. The summed E-state index contributed by atoms with van der Waals surface area (Å²) < 4.78 is 2.05. The van der Waals surface area contributed by atoms with Crippen LogP contribution in [0.2, 0.25) is 0 Å². The Kier molecular flexibility index (Phi) is 5.42. The number of aromatic nitrogens is 4. The molecule has 5 aromatic rings. The second kappa shape index (κ2) is 9.02. The largest absolute Gasteiger partial charge is 0.353 e. The molecule has 3 aromatic heterocycles. The van der Waals surface area contributed by atoms with E-state index >= 15 is 0 Å². The molecule has 1 aliphatic heterocycles. The van der Waals surface area contributed by atoms with Crippen LogP contribution in [0.4, 0.5) is 5.82 Å². The van der Waals surface area contributed by atoms with E-state index in [1.807, 2.05) is 94.4 Å². The second-order valence-corrected chi connectivity index (χ2v) is 8.50. The third-order valence-corrected chi connectivity index (χ3v) is 6.36. The minimum atomic E-state index is 0.0501. The zero-order chi connectivity index (χ0) is 23.6. The SMILES string of the molecule is O=C(c1ccc(-n2c(-c3ccccc3)nc3cccnc32)cc1)N1CCN(c2ccccn2)CC1. The zero-order valence-electron chi connectivity index (χ0n) is 19.2. The number of hydrogen-bond acceptors (Lipinski definition) is 5. The number of pyridine rings is 2. The number of carbonyl (C=O) groups is 1. The molecule has 1 fully saturated rings. The standard InChI is InChI=1S/C28H24N6O/c35-28(33-19-17-32(18-20-33)25-10-4-5-15-29-25)22-11-13-23(14-12-22)34-26(21-7-2-1-3-8-21)31-24-9-6-16-30-27(24)34/h1-16H,17-20H2. The highest BCUT2D eigenvalue weighted by molar-refractivity contribution is 5.94. The highest BCUT2D eigenvalue weighted by Crippen LogP contribution is 2.27. The predicted octanol–water partition coefficient (Wildman–Crippen LogP) is 4.44. The Labute approximate surface area is 203 Å². The molecular formula is C28H24N6O. The Morgan fingerprint density at radius 2 is 1.46 bits per heavy atom. The minimum Gasteiger partial charge on any atom is -0.353 e. The van der Waals surface area contributed by atoms with E-state index in [0.717, 1.165) is 47.1 Å². The number of amides is 1. The van der Waals surface area contributed by atoms with Gasteiger partial charge in [0.25, 0.3) is 5.91 Å². The molecule has 0 radical (unpaired) electrons. The summed E-state index contributed by atoms with van der Waals surface area (Å²) in [6, 6.07) is 27.6. The van der Waals surface area contributed by atoms with Gasteiger partial charge >= 0.3 is 0 Å². The second-order valence-electron chi connectivity index (χ2n) is 8.50. The average molecular weight is 461 g/mol. The van der Waals surface area contributed by atoms with Gasteiger partial charge in [-0.15, -0.1) is 0 Å². The van der Waals surface area contributed by atoms with Crippen molar-refractivity contribution in [3.63, 3.8) is 0 Å². The van der Waals surface area contributed by atoms with Crippen molar-refractivity contribution >= 4 is 22.9 Å². The van der Waals surface area contributed by atoms with E-state index in [4.69, 9.17) is 4.98 Å². The first-order valence-electron chi connectivity index (χ1n) is 11.7. The van der Waals surface area contributed by atoms with Gasteiger partial charge in [0, 0.05) is 55.4 Å². The maximum absolute atomic E-state index is 13.2. The first-order chi connectivity index (χ1) is 17.3. The summed E-state index contributed by atoms with van der Waals surface area (Å²) in [6.45, 7) is 2.89. The van der Waals surface area contributed by atoms with Crippen LogP contribution in [-0.4, -0.2) is 56.5 Å². The molecule has 0 N–H and O–H groups in total. The van der Waals surface area contributed by atoms with E-state index < -0.39 is 0 Å². The van der Waals surface area contributed by atoms with Crippen molar-refractivity contribution in [2.75, 3.05) is 31.1 Å². The summed E-state index contributed by atoms with van der Waals surface area (Å²) >= 11 is 0. The molecule has 0 spiro atoms. The van der Waals surface area contributed by atoms with E-state index in [-0.39, 0.29) is 5.91 Å². The van der Waals surface area contributed by atoms with Gasteiger partial charge in [-0.3, -0.25) is 9.36 Å². The fourth-order valence-electron chi connectivity index (χ4n) is 4.55. The van der Waals surface area contributed by atoms with Crippen LogP contribution in [0.1, 0.15) is 10.4 Å². The van der Waals surface area contributed by atoms with Crippen molar-refractivity contribution in [1.82, 2.24) is 24.4 Å². The summed E-state index contributed by atoms with van der Waals surface area (Å²) in [7, 11) is 0. The Hall–Kier alpha value is -4.52. The van der Waals surface area contributed by atoms with Crippen LogP contribution in [-0.2, 0) is 0 Å². The maximum atomic E-state index is 13.2. The summed E-state index contributed by atoms with van der Waals surface area (Å²) in [4.78, 5) is 31.2. The van der Waals surface area contributed by atoms with Gasteiger partial charge in [-0.1, -0.05) is 36.4 Å². The first-order valence-corrected chi connectivity index (χ1v) is 11.7. The molecule has 1 amide bonds. The van der Waals surface area contributed by atoms with Gasteiger partial charge in [0.2, 0.25) is 0 Å². The third kappa shape index (κ3) is 4.01. The molecule has 0 saturated carbocycles. The number of imidazole rings is 1. The van der Waals surface area contributed by atoms with Crippen molar-refractivity contribution in [2.24, 2.45) is 0 Å². The van der Waals surface area contributed by atoms with E-state index in [2.05, 4.69) is 14.9 Å². The molecule has 6 rings (SSSR count). The zero-order valence-corrected chi connectivity index (χ0v) is 19.2. The molecule has 4 heterocycles. The Balaban J connectivity index is 1.25. The molecule has 35 heavy (non-hydrogen) atoms. The van der Waals surface area contributed by atoms with Crippen LogP contribution in [0.15, 0.2) is 97.3 Å². The van der Waals surface area contributed by atoms with Crippen LogP contribution < -0.4 is 4.90 Å². The van der Waals surface area contributed by atoms with Gasteiger partial charge < -0.3 is 9.80 Å². The van der Waals surface area contributed by atoms with E-state index in [1.165, 1.54) is 0 Å². The van der Waals surface area contributed by atoms with E-state index in [1.54, 1.807) is 12.4 Å². The lowest BCUT2D eigenvalue weighted by molar-refractivity contribution is 0.0746. The van der Waals surface area contributed by atoms with Gasteiger partial charge in [0.05, 0.1) is 0 Å². The summed E-state index contributed by atoms with van der Waals surface area (Å²) in [5.74, 6) is 1.83. The van der Waals surface area contributed by atoms with Crippen LogP contribution in [0.25, 0.3) is 28.2 Å². The molecule has 0 aliphatic carbocycles. The number of carbonyl (C=O) groups excluding carboxylic acids is 1. The predicted molar refractivity (Wildman–Crippen MR) is 137 cm³/mol. The topological polar surface area (TPSA) is 67.2 Å². The van der Waals surface area contributed by atoms with Crippen molar-refractivity contribution in [1.29, 1.82) is 0 Å². The number of hydrogen-bond donors (Lipinski definition) is 0. The van der Waals surface area contributed by atoms with Gasteiger partial charge in [0.1, 0.15) is 17.2 Å². The number of piperazine rings is 1. The van der Waals surface area contributed by atoms with Gasteiger partial charge in [-0.25, -0.2) is 15.0 Å². The third-order valence-electron chi connectivity index (χ3n) is 6.36. The molecule has 2 aromatic carbocycles. The summed E-state index contributed by atoms with van der Waals surface area (Å²) in [5.41, 5.74) is 4.23. The van der Waals surface area contributed by atoms with Crippen LogP contribution in [0.5, 0.6) is 0 Å². The molecule has 1 saturated heterocycles. The normalized spacial score (nSPS) is 13.8. The number of benzene rings is 2. The lowest BCUT2D eigenvalue weighted by atomic mass is 10.1. The lowest BCUT2D eigenvalue weighted by Crippen LogP contribution is -2.49. The van der Waals surface area contributed by atoms with Crippen LogP contribution in [0, 0.1) is 0 Å². The number of anilines is 1. The molecule has 7 nitrogen and oxygen atoms in total. The average Bonchev–Trinajstić information content (AvgIpc) is 3.33. The number of nitrogens with zero attached hydrogens (tertiary/aromatic N) is 6. The number of fused-ring (bicyclic) bond motifs is 1. The summed E-state index contributed by atoms with van der Waals surface area (Å²) in [5, 5.41) is 0. The molecule has 0 atom stereocenters. The van der Waals surface area contributed by atoms with Crippen LogP contribution >= 0.6 is 0 Å². The highest BCUT2D eigenvalue weighted by Gasteiger charge is 2.23. The monoisotopic (exact) mass is 460 g/mol. The van der Waals surface area contributed by atoms with E-state index in [0.29, 0.717) is 18.7 Å². The van der Waals surface area contributed by atoms with Crippen molar-refractivity contribution < 1.29 is 4.79 Å². The van der Waals surface area contributed by atoms with Crippen LogP contribution in [0.3, 0.4) is 0 Å². The molecule has 0 unspecified atom stereocenters. The summed E-state index contributed by atoms with van der Waals surface area (Å²) in [6.07, 6.45) is 3.58. The molecule has 0 bridgehead atoms. The Morgan fingerprint density at radius 3 is 2.20 bits per heavy atom. The number of rotatable bonds is 4. The maximum Gasteiger partial charge on any atom is 0.253 e. The fourth-order valence-corrected chi connectivity index (χ4v) is 4.55. The van der Waals surface area contributed by atoms with Gasteiger partial charge in [0.15, 0.2) is 5.65 Å². The quantitative estimate of drug-likeness (QED) is 0.397. The van der Waals surface area contributed by atoms with Crippen molar-refractivity contribution in [2.45, 2.75) is 0 Å². The fraction of sp³-hybridized carbons (Fsp3) is 0.143. The van der Waals surface area contributed by atoms with Gasteiger partial charge in [-0.05, 0) is 48.5 Å². The van der Waals surface area contributed by atoms with Gasteiger partial charge in [-0.2, -0.15) is 0 Å². The molecule has 172 valence electrons. The minimum absolute atomic E-state index is 0.0501. The van der Waals surface area contributed by atoms with E-state index in [9.17, 15) is 4.79 Å².